The molecule has 5 nitrogen and oxygen atoms in total. The minimum absolute atomic E-state index is 0.179. The van der Waals surface area contributed by atoms with Gasteiger partial charge in [0.1, 0.15) is 12.7 Å². The maximum Gasteiger partial charge on any atom is 0.161 e. The molecule has 0 aliphatic rings. The van der Waals surface area contributed by atoms with Gasteiger partial charge >= 0.3 is 0 Å². The summed E-state index contributed by atoms with van der Waals surface area (Å²) in [7, 11) is 1.61. The lowest BCUT2D eigenvalue weighted by atomic mass is 10.1. The molecular formula is C16H27NO4. The second kappa shape index (κ2) is 9.60. The number of ether oxygens (including phenoxy) is 3. The summed E-state index contributed by atoms with van der Waals surface area (Å²) in [6, 6.07) is 6.08. The Bertz CT molecular complexity index is 411. The summed E-state index contributed by atoms with van der Waals surface area (Å²) >= 11 is 0. The molecule has 5 heteroatoms. The van der Waals surface area contributed by atoms with Crippen LogP contribution in [0.5, 0.6) is 11.5 Å². The summed E-state index contributed by atoms with van der Waals surface area (Å²) < 4.78 is 16.1. The lowest BCUT2D eigenvalue weighted by molar-refractivity contribution is 0.0159. The van der Waals surface area contributed by atoms with Gasteiger partial charge in [-0.1, -0.05) is 13.0 Å². The minimum atomic E-state index is -0.644. The molecule has 0 aliphatic heterocycles. The zero-order valence-corrected chi connectivity index (χ0v) is 13.4. The van der Waals surface area contributed by atoms with Gasteiger partial charge in [0, 0.05) is 12.6 Å². The van der Waals surface area contributed by atoms with Crippen molar-refractivity contribution in [2.24, 2.45) is 0 Å². The van der Waals surface area contributed by atoms with E-state index in [2.05, 4.69) is 19.2 Å². The van der Waals surface area contributed by atoms with Crippen LogP contribution in [-0.2, 0) is 4.74 Å². The van der Waals surface area contributed by atoms with Crippen molar-refractivity contribution < 1.29 is 19.3 Å². The maximum absolute atomic E-state index is 9.72. The largest absolute Gasteiger partial charge is 0.493 e. The van der Waals surface area contributed by atoms with E-state index in [9.17, 15) is 5.11 Å². The van der Waals surface area contributed by atoms with E-state index in [0.29, 0.717) is 18.1 Å². The van der Waals surface area contributed by atoms with E-state index in [1.165, 1.54) is 0 Å². The van der Waals surface area contributed by atoms with Gasteiger partial charge in [0.2, 0.25) is 0 Å². The molecule has 0 saturated heterocycles. The predicted octanol–water partition coefficient (Wildman–Crippen LogP) is 2.14. The molecule has 2 unspecified atom stereocenters. The first-order valence-corrected chi connectivity index (χ1v) is 7.42. The average Bonchev–Trinajstić information content (AvgIpc) is 2.50. The molecule has 1 aromatic carbocycles. The molecule has 2 atom stereocenters. The number of benzene rings is 1. The SMILES string of the molecule is CCNC(C)c1ccc(OCC(O)COCC)c(OC)c1. The number of nitrogens with one attached hydrogen (secondary N) is 1. The second-order valence-electron chi connectivity index (χ2n) is 4.81. The highest BCUT2D eigenvalue weighted by atomic mass is 16.5. The van der Waals surface area contributed by atoms with Gasteiger partial charge in [0.05, 0.1) is 13.7 Å². The van der Waals surface area contributed by atoms with Crippen molar-refractivity contribution in [2.75, 3.05) is 33.5 Å². The Morgan fingerprint density at radius 3 is 2.57 bits per heavy atom. The fourth-order valence-corrected chi connectivity index (χ4v) is 1.98. The van der Waals surface area contributed by atoms with Crippen LogP contribution in [0.2, 0.25) is 0 Å². The first kappa shape index (κ1) is 17.8. The Hall–Kier alpha value is -1.30. The maximum atomic E-state index is 9.72. The van der Waals surface area contributed by atoms with Crippen LogP contribution in [0.3, 0.4) is 0 Å². The lowest BCUT2D eigenvalue weighted by Crippen LogP contribution is -2.23. The number of aliphatic hydroxyl groups is 1. The van der Waals surface area contributed by atoms with Gasteiger partial charge in [-0.05, 0) is 38.1 Å². The summed E-state index contributed by atoms with van der Waals surface area (Å²) in [5, 5.41) is 13.1. The Kier molecular flexibility index (Phi) is 8.12. The Morgan fingerprint density at radius 1 is 1.19 bits per heavy atom. The molecule has 0 heterocycles. The van der Waals surface area contributed by atoms with Crippen LogP contribution in [0.1, 0.15) is 32.4 Å². The standard InChI is InChI=1S/C16H27NO4/c1-5-17-12(3)13-7-8-15(16(9-13)19-4)21-11-14(18)10-20-6-2/h7-9,12,14,17-18H,5-6,10-11H2,1-4H3. The van der Waals surface area contributed by atoms with Crippen LogP contribution in [0.15, 0.2) is 18.2 Å². The topological polar surface area (TPSA) is 60.0 Å². The molecule has 2 N–H and O–H groups in total. The molecule has 1 rings (SSSR count). The van der Waals surface area contributed by atoms with Crippen LogP contribution in [0.4, 0.5) is 0 Å². The lowest BCUT2D eigenvalue weighted by Gasteiger charge is -2.17. The number of methoxy groups -OCH3 is 1. The van der Waals surface area contributed by atoms with E-state index in [-0.39, 0.29) is 19.3 Å². The van der Waals surface area contributed by atoms with Crippen molar-refractivity contribution in [2.45, 2.75) is 32.9 Å². The monoisotopic (exact) mass is 297 g/mol. The van der Waals surface area contributed by atoms with Crippen molar-refractivity contribution in [3.05, 3.63) is 23.8 Å². The number of rotatable bonds is 10. The van der Waals surface area contributed by atoms with Crippen molar-refractivity contribution >= 4 is 0 Å². The summed E-state index contributed by atoms with van der Waals surface area (Å²) in [5.74, 6) is 1.29. The third-order valence-corrected chi connectivity index (χ3v) is 3.14. The highest BCUT2D eigenvalue weighted by Gasteiger charge is 2.12. The van der Waals surface area contributed by atoms with E-state index >= 15 is 0 Å². The quantitative estimate of drug-likeness (QED) is 0.693. The van der Waals surface area contributed by atoms with Gasteiger partial charge in [0.25, 0.3) is 0 Å². The fraction of sp³-hybridized carbons (Fsp3) is 0.625. The number of aliphatic hydroxyl groups excluding tert-OH is 1. The summed E-state index contributed by atoms with van der Waals surface area (Å²) in [5.41, 5.74) is 1.14. The van der Waals surface area contributed by atoms with E-state index < -0.39 is 6.10 Å². The molecule has 0 amide bonds. The van der Waals surface area contributed by atoms with Crippen LogP contribution in [0.25, 0.3) is 0 Å². The van der Waals surface area contributed by atoms with Crippen molar-refractivity contribution in [1.82, 2.24) is 5.32 Å². The van der Waals surface area contributed by atoms with E-state index in [1.807, 2.05) is 25.1 Å². The minimum Gasteiger partial charge on any atom is -0.493 e. The zero-order valence-electron chi connectivity index (χ0n) is 13.4. The molecule has 0 fully saturated rings. The Balaban J connectivity index is 2.66. The van der Waals surface area contributed by atoms with Crippen molar-refractivity contribution in [3.63, 3.8) is 0 Å². The third-order valence-electron chi connectivity index (χ3n) is 3.14. The van der Waals surface area contributed by atoms with Gasteiger partial charge < -0.3 is 24.6 Å². The molecular weight excluding hydrogens is 270 g/mol. The molecule has 1 aromatic rings. The molecule has 0 aromatic heterocycles. The van der Waals surface area contributed by atoms with Gasteiger partial charge in [-0.25, -0.2) is 0 Å². The van der Waals surface area contributed by atoms with Crippen LogP contribution in [-0.4, -0.2) is 44.7 Å². The van der Waals surface area contributed by atoms with Crippen molar-refractivity contribution in [3.8, 4) is 11.5 Å². The van der Waals surface area contributed by atoms with Crippen LogP contribution in [0, 0.1) is 0 Å². The molecule has 0 saturated carbocycles. The molecule has 120 valence electrons. The molecule has 21 heavy (non-hydrogen) atoms. The molecule has 0 bridgehead atoms. The predicted molar refractivity (Wildman–Crippen MR) is 83.1 cm³/mol. The Morgan fingerprint density at radius 2 is 1.95 bits per heavy atom. The van der Waals surface area contributed by atoms with E-state index in [1.54, 1.807) is 7.11 Å². The van der Waals surface area contributed by atoms with Gasteiger partial charge in [-0.15, -0.1) is 0 Å². The van der Waals surface area contributed by atoms with Gasteiger partial charge in [-0.3, -0.25) is 0 Å². The van der Waals surface area contributed by atoms with Crippen molar-refractivity contribution in [1.29, 1.82) is 0 Å². The first-order chi connectivity index (χ1) is 10.1. The number of hydrogen-bond acceptors (Lipinski definition) is 5. The second-order valence-corrected chi connectivity index (χ2v) is 4.81. The molecule has 0 aliphatic carbocycles. The van der Waals surface area contributed by atoms with E-state index in [0.717, 1.165) is 12.1 Å². The van der Waals surface area contributed by atoms with Crippen LogP contribution < -0.4 is 14.8 Å². The van der Waals surface area contributed by atoms with Gasteiger partial charge in [-0.2, -0.15) is 0 Å². The molecule has 0 spiro atoms. The summed E-state index contributed by atoms with van der Waals surface area (Å²) in [6.07, 6.45) is -0.644. The fourth-order valence-electron chi connectivity index (χ4n) is 1.98. The first-order valence-electron chi connectivity index (χ1n) is 7.42. The van der Waals surface area contributed by atoms with Crippen LogP contribution >= 0.6 is 0 Å². The normalized spacial score (nSPS) is 13.8. The zero-order chi connectivity index (χ0) is 15.7. The van der Waals surface area contributed by atoms with E-state index in [4.69, 9.17) is 14.2 Å². The summed E-state index contributed by atoms with van der Waals surface area (Å²) in [6.45, 7) is 8.01. The Labute approximate surface area is 127 Å². The highest BCUT2D eigenvalue weighted by molar-refractivity contribution is 5.43. The third kappa shape index (κ3) is 5.91. The smallest absolute Gasteiger partial charge is 0.161 e. The van der Waals surface area contributed by atoms with Gasteiger partial charge in [0.15, 0.2) is 11.5 Å². The summed E-state index contributed by atoms with van der Waals surface area (Å²) in [4.78, 5) is 0. The highest BCUT2D eigenvalue weighted by Crippen LogP contribution is 2.30. The molecule has 0 radical (unpaired) electrons. The number of hydrogen-bond donors (Lipinski definition) is 2. The average molecular weight is 297 g/mol.